The Bertz CT molecular complexity index is 309. The molecule has 1 heterocycles. The van der Waals surface area contributed by atoms with E-state index >= 15 is 0 Å². The minimum atomic E-state index is -0.0701. The van der Waals surface area contributed by atoms with Crippen molar-refractivity contribution in [1.29, 1.82) is 0 Å². The second-order valence-corrected chi connectivity index (χ2v) is 2.95. The van der Waals surface area contributed by atoms with Crippen LogP contribution < -0.4 is 0 Å². The smallest absolute Gasteiger partial charge is 0.272 e. The average Bonchev–Trinajstić information content (AvgIpc) is 2.16. The largest absolute Gasteiger partial charge is 0.343 e. The van der Waals surface area contributed by atoms with Gasteiger partial charge in [0.2, 0.25) is 0 Å². The van der Waals surface area contributed by atoms with Gasteiger partial charge in [0.1, 0.15) is 12.0 Å². The van der Waals surface area contributed by atoms with Crippen molar-refractivity contribution in [3.05, 3.63) is 23.8 Å². The van der Waals surface area contributed by atoms with Crippen molar-refractivity contribution in [2.75, 3.05) is 14.1 Å². The Morgan fingerprint density at radius 1 is 1.54 bits per heavy atom. The van der Waals surface area contributed by atoms with Crippen molar-refractivity contribution >= 4 is 5.91 Å². The molecule has 0 N–H and O–H groups in total. The van der Waals surface area contributed by atoms with Crippen molar-refractivity contribution < 1.29 is 4.79 Å². The molecule has 4 nitrogen and oxygen atoms in total. The summed E-state index contributed by atoms with van der Waals surface area (Å²) in [6.07, 6.45) is 3.86. The number of aromatic nitrogens is 2. The summed E-state index contributed by atoms with van der Waals surface area (Å²) in [6.45, 7) is 1.98. The molecule has 1 amide bonds. The van der Waals surface area contributed by atoms with Gasteiger partial charge in [0.25, 0.3) is 5.91 Å². The van der Waals surface area contributed by atoms with Crippen LogP contribution in [0.3, 0.4) is 0 Å². The number of amides is 1. The number of hydrogen-bond acceptors (Lipinski definition) is 3. The first-order valence-electron chi connectivity index (χ1n) is 4.17. The normalized spacial score (nSPS) is 9.77. The summed E-state index contributed by atoms with van der Waals surface area (Å²) in [5.74, 6) is -0.0701. The van der Waals surface area contributed by atoms with Gasteiger partial charge in [-0.05, 0) is 6.42 Å². The molecule has 0 aliphatic rings. The van der Waals surface area contributed by atoms with E-state index < -0.39 is 0 Å². The van der Waals surface area contributed by atoms with E-state index in [9.17, 15) is 4.79 Å². The molecule has 0 spiro atoms. The second kappa shape index (κ2) is 3.98. The molecular formula is C9H13N3O. The van der Waals surface area contributed by atoms with E-state index in [1.807, 2.05) is 6.92 Å². The van der Waals surface area contributed by atoms with Gasteiger partial charge >= 0.3 is 0 Å². The van der Waals surface area contributed by atoms with E-state index in [0.29, 0.717) is 5.69 Å². The first-order chi connectivity index (χ1) is 6.16. The number of aryl methyl sites for hydroxylation is 1. The molecular weight excluding hydrogens is 166 g/mol. The quantitative estimate of drug-likeness (QED) is 0.672. The van der Waals surface area contributed by atoms with Crippen LogP contribution in [0.15, 0.2) is 12.5 Å². The maximum Gasteiger partial charge on any atom is 0.272 e. The van der Waals surface area contributed by atoms with Crippen molar-refractivity contribution in [3.8, 4) is 0 Å². The van der Waals surface area contributed by atoms with Crippen LogP contribution in [0, 0.1) is 0 Å². The number of carbonyl (C=O) groups excluding carboxylic acids is 1. The highest BCUT2D eigenvalue weighted by Gasteiger charge is 2.13. The maximum absolute atomic E-state index is 11.6. The lowest BCUT2D eigenvalue weighted by Crippen LogP contribution is -2.24. The van der Waals surface area contributed by atoms with E-state index in [1.165, 1.54) is 11.2 Å². The molecule has 0 saturated carbocycles. The Morgan fingerprint density at radius 2 is 2.23 bits per heavy atom. The fraction of sp³-hybridized carbons (Fsp3) is 0.444. The molecule has 1 aromatic heterocycles. The molecule has 0 unspecified atom stereocenters. The Balaban J connectivity index is 3.06. The zero-order valence-electron chi connectivity index (χ0n) is 8.11. The van der Waals surface area contributed by atoms with Crippen LogP contribution >= 0.6 is 0 Å². The van der Waals surface area contributed by atoms with E-state index in [2.05, 4.69) is 9.97 Å². The molecule has 0 aliphatic heterocycles. The van der Waals surface area contributed by atoms with Crippen LogP contribution in [0.2, 0.25) is 0 Å². The molecule has 0 aromatic carbocycles. The van der Waals surface area contributed by atoms with Gasteiger partial charge in [-0.15, -0.1) is 0 Å². The van der Waals surface area contributed by atoms with Gasteiger partial charge in [-0.2, -0.15) is 0 Å². The van der Waals surface area contributed by atoms with Crippen LogP contribution in [-0.4, -0.2) is 34.9 Å². The van der Waals surface area contributed by atoms with Crippen molar-refractivity contribution in [1.82, 2.24) is 14.9 Å². The molecule has 1 rings (SSSR count). The van der Waals surface area contributed by atoms with Gasteiger partial charge in [0, 0.05) is 25.9 Å². The van der Waals surface area contributed by atoms with Crippen LogP contribution in [-0.2, 0) is 6.42 Å². The van der Waals surface area contributed by atoms with Crippen molar-refractivity contribution in [2.45, 2.75) is 13.3 Å². The number of carbonyl (C=O) groups is 1. The van der Waals surface area contributed by atoms with Gasteiger partial charge < -0.3 is 4.90 Å². The topological polar surface area (TPSA) is 46.1 Å². The SMILES string of the molecule is CCc1cncnc1C(=O)N(C)C. The Labute approximate surface area is 77.6 Å². The fourth-order valence-corrected chi connectivity index (χ4v) is 1.02. The van der Waals surface area contributed by atoms with Gasteiger partial charge in [-0.25, -0.2) is 9.97 Å². The molecule has 4 heteroatoms. The third-order valence-electron chi connectivity index (χ3n) is 1.78. The van der Waals surface area contributed by atoms with Crippen molar-refractivity contribution in [3.63, 3.8) is 0 Å². The molecule has 1 aromatic rings. The monoisotopic (exact) mass is 179 g/mol. The highest BCUT2D eigenvalue weighted by molar-refractivity contribution is 5.93. The van der Waals surface area contributed by atoms with Gasteiger partial charge in [0.05, 0.1) is 0 Å². The summed E-state index contributed by atoms with van der Waals surface area (Å²) < 4.78 is 0. The predicted octanol–water partition coefficient (Wildman–Crippen LogP) is 0.741. The summed E-state index contributed by atoms with van der Waals surface area (Å²) in [7, 11) is 3.42. The van der Waals surface area contributed by atoms with E-state index in [0.717, 1.165) is 12.0 Å². The third-order valence-corrected chi connectivity index (χ3v) is 1.78. The predicted molar refractivity (Wildman–Crippen MR) is 49.4 cm³/mol. The molecule has 0 radical (unpaired) electrons. The first-order valence-corrected chi connectivity index (χ1v) is 4.17. The lowest BCUT2D eigenvalue weighted by atomic mass is 10.2. The fourth-order valence-electron chi connectivity index (χ4n) is 1.02. The number of nitrogens with zero attached hydrogens (tertiary/aromatic N) is 3. The Kier molecular flexibility index (Phi) is 2.95. The minimum Gasteiger partial charge on any atom is -0.343 e. The highest BCUT2D eigenvalue weighted by Crippen LogP contribution is 2.05. The Morgan fingerprint density at radius 3 is 2.77 bits per heavy atom. The Hall–Kier alpha value is -1.45. The lowest BCUT2D eigenvalue weighted by Gasteiger charge is -2.11. The molecule has 13 heavy (non-hydrogen) atoms. The second-order valence-electron chi connectivity index (χ2n) is 2.95. The van der Waals surface area contributed by atoms with Gasteiger partial charge in [-0.1, -0.05) is 6.92 Å². The summed E-state index contributed by atoms with van der Waals surface area (Å²) in [4.78, 5) is 20.9. The first kappa shape index (κ1) is 9.64. The molecule has 0 aliphatic carbocycles. The summed E-state index contributed by atoms with van der Waals surface area (Å²) >= 11 is 0. The number of rotatable bonds is 2. The molecule has 0 fully saturated rings. The summed E-state index contributed by atoms with van der Waals surface area (Å²) in [5.41, 5.74) is 1.39. The van der Waals surface area contributed by atoms with E-state index in [-0.39, 0.29) is 5.91 Å². The minimum absolute atomic E-state index is 0.0701. The standard InChI is InChI=1S/C9H13N3O/c1-4-7-5-10-6-11-8(7)9(13)12(2)3/h5-6H,4H2,1-3H3. The highest BCUT2D eigenvalue weighted by atomic mass is 16.2. The van der Waals surface area contributed by atoms with Crippen LogP contribution in [0.25, 0.3) is 0 Å². The molecule has 70 valence electrons. The van der Waals surface area contributed by atoms with Crippen LogP contribution in [0.1, 0.15) is 23.0 Å². The summed E-state index contributed by atoms with van der Waals surface area (Å²) in [5, 5.41) is 0. The zero-order chi connectivity index (χ0) is 9.84. The van der Waals surface area contributed by atoms with Gasteiger partial charge in [0.15, 0.2) is 0 Å². The van der Waals surface area contributed by atoms with Crippen LogP contribution in [0.5, 0.6) is 0 Å². The number of hydrogen-bond donors (Lipinski definition) is 0. The average molecular weight is 179 g/mol. The molecule has 0 bridgehead atoms. The van der Waals surface area contributed by atoms with Gasteiger partial charge in [-0.3, -0.25) is 4.79 Å². The third kappa shape index (κ3) is 2.02. The lowest BCUT2D eigenvalue weighted by molar-refractivity contribution is 0.0820. The maximum atomic E-state index is 11.6. The molecule has 0 saturated heterocycles. The van der Waals surface area contributed by atoms with E-state index in [4.69, 9.17) is 0 Å². The zero-order valence-corrected chi connectivity index (χ0v) is 8.11. The van der Waals surface area contributed by atoms with Crippen molar-refractivity contribution in [2.24, 2.45) is 0 Å². The molecule has 0 atom stereocenters. The summed E-state index contributed by atoms with van der Waals surface area (Å²) in [6, 6.07) is 0. The van der Waals surface area contributed by atoms with E-state index in [1.54, 1.807) is 20.3 Å². The van der Waals surface area contributed by atoms with Crippen LogP contribution in [0.4, 0.5) is 0 Å².